The molecule has 5 heterocycles. The summed E-state index contributed by atoms with van der Waals surface area (Å²) in [7, 11) is 0. The molecule has 0 unspecified atom stereocenters. The van der Waals surface area contributed by atoms with Gasteiger partial charge in [0.1, 0.15) is 10.6 Å². The maximum Gasteiger partial charge on any atom is 0.422 e. The van der Waals surface area contributed by atoms with E-state index in [0.717, 1.165) is 37.3 Å². The van der Waals surface area contributed by atoms with Gasteiger partial charge in [-0.2, -0.15) is 13.2 Å². The van der Waals surface area contributed by atoms with Crippen LogP contribution in [0.25, 0.3) is 10.1 Å². The summed E-state index contributed by atoms with van der Waals surface area (Å²) in [5.74, 6) is -0.873. The Morgan fingerprint density at radius 2 is 2.03 bits per heavy atom. The van der Waals surface area contributed by atoms with Crippen LogP contribution in [0.4, 0.5) is 13.2 Å². The molecule has 3 fully saturated rings. The average Bonchev–Trinajstić information content (AvgIpc) is 3.12. The molecule has 0 aromatic carbocycles. The third kappa shape index (κ3) is 4.23. The van der Waals surface area contributed by atoms with Crippen LogP contribution in [0.5, 0.6) is 0 Å². The Labute approximate surface area is 169 Å². The number of halogens is 3. The molecule has 2 atom stereocenters. The smallest absolute Gasteiger partial charge is 0.422 e. The van der Waals surface area contributed by atoms with E-state index in [1.165, 1.54) is 12.3 Å². The van der Waals surface area contributed by atoms with E-state index >= 15 is 0 Å². The second-order valence-electron chi connectivity index (χ2n) is 7.52. The first-order valence-corrected chi connectivity index (χ1v) is 10.2. The summed E-state index contributed by atoms with van der Waals surface area (Å²) in [6.07, 6.45) is -1.00. The van der Waals surface area contributed by atoms with Gasteiger partial charge in [0.15, 0.2) is 6.61 Å². The quantitative estimate of drug-likeness (QED) is 0.759. The van der Waals surface area contributed by atoms with Gasteiger partial charge in [-0.15, -0.1) is 11.3 Å². The minimum Gasteiger partial charge on any atom is -0.452 e. The summed E-state index contributed by atoms with van der Waals surface area (Å²) in [5.41, 5.74) is 0.221. The highest BCUT2D eigenvalue weighted by Gasteiger charge is 2.40. The van der Waals surface area contributed by atoms with Crippen LogP contribution in [0.15, 0.2) is 18.3 Å². The van der Waals surface area contributed by atoms with Crippen molar-refractivity contribution in [2.24, 2.45) is 5.92 Å². The average molecular weight is 427 g/mol. The Hall–Kier alpha value is -2.20. The summed E-state index contributed by atoms with van der Waals surface area (Å²) in [6, 6.07) is 3.32. The van der Waals surface area contributed by atoms with E-state index in [0.29, 0.717) is 16.0 Å². The Kier molecular flexibility index (Phi) is 5.24. The maximum atomic E-state index is 12.7. The zero-order valence-corrected chi connectivity index (χ0v) is 16.5. The summed E-state index contributed by atoms with van der Waals surface area (Å²) < 4.78 is 41.5. The van der Waals surface area contributed by atoms with Gasteiger partial charge >= 0.3 is 12.1 Å². The van der Waals surface area contributed by atoms with Crippen molar-refractivity contribution in [3.05, 3.63) is 28.9 Å². The number of carbonyl (C=O) groups is 2. The number of esters is 1. The fraction of sp³-hybridized carbons (Fsp3) is 0.526. The molecular weight excluding hydrogens is 407 g/mol. The molecule has 2 aromatic rings. The molecule has 0 radical (unpaired) electrons. The molecule has 0 spiro atoms. The Morgan fingerprint density at radius 3 is 2.69 bits per heavy atom. The van der Waals surface area contributed by atoms with E-state index in [4.69, 9.17) is 0 Å². The number of rotatable bonds is 4. The SMILES string of the molecule is C[C@H]1[C@H](NC(=O)c2cc3sc(C(=O)OCC(F)(F)F)cc3cn2)C2CCN1CC2. The number of alkyl halides is 3. The van der Waals surface area contributed by atoms with E-state index in [1.807, 2.05) is 0 Å². The van der Waals surface area contributed by atoms with Gasteiger partial charge in [-0.05, 0) is 50.9 Å². The van der Waals surface area contributed by atoms with Crippen molar-refractivity contribution in [3.8, 4) is 0 Å². The van der Waals surface area contributed by atoms with Crippen LogP contribution >= 0.6 is 11.3 Å². The second kappa shape index (κ2) is 7.56. The predicted molar refractivity (Wildman–Crippen MR) is 101 cm³/mol. The van der Waals surface area contributed by atoms with Gasteiger partial charge in [-0.25, -0.2) is 4.79 Å². The normalized spacial score (nSPS) is 26.5. The number of carbonyl (C=O) groups excluding carboxylic acids is 2. The molecule has 2 bridgehead atoms. The van der Waals surface area contributed by atoms with Crippen LogP contribution in [0.3, 0.4) is 0 Å². The third-order valence-electron chi connectivity index (χ3n) is 5.68. The number of ether oxygens (including phenoxy) is 1. The number of hydrogen-bond acceptors (Lipinski definition) is 6. The van der Waals surface area contributed by atoms with Gasteiger partial charge in [-0.3, -0.25) is 14.7 Å². The molecular formula is C19H20F3N3O3S. The van der Waals surface area contributed by atoms with Crippen LogP contribution in [-0.4, -0.2) is 59.7 Å². The number of piperidine rings is 3. The van der Waals surface area contributed by atoms with E-state index in [9.17, 15) is 22.8 Å². The molecule has 6 nitrogen and oxygen atoms in total. The summed E-state index contributed by atoms with van der Waals surface area (Å²) in [6.45, 7) is 2.60. The summed E-state index contributed by atoms with van der Waals surface area (Å²) in [4.78, 5) is 31.1. The van der Waals surface area contributed by atoms with Crippen molar-refractivity contribution >= 4 is 33.3 Å². The molecule has 5 rings (SSSR count). The minimum atomic E-state index is -4.58. The summed E-state index contributed by atoms with van der Waals surface area (Å²) >= 11 is 0.976. The van der Waals surface area contributed by atoms with E-state index in [-0.39, 0.29) is 28.6 Å². The molecule has 156 valence electrons. The van der Waals surface area contributed by atoms with Crippen LogP contribution < -0.4 is 5.32 Å². The van der Waals surface area contributed by atoms with Gasteiger partial charge in [0.25, 0.3) is 5.91 Å². The highest BCUT2D eigenvalue weighted by Crippen LogP contribution is 2.32. The van der Waals surface area contributed by atoms with Gasteiger partial charge in [0.2, 0.25) is 0 Å². The van der Waals surface area contributed by atoms with Crippen molar-refractivity contribution in [1.82, 2.24) is 15.2 Å². The molecule has 0 aliphatic carbocycles. The number of thiophene rings is 1. The van der Waals surface area contributed by atoms with E-state index in [2.05, 4.69) is 26.9 Å². The first-order valence-electron chi connectivity index (χ1n) is 9.39. The van der Waals surface area contributed by atoms with Crippen LogP contribution in [0.2, 0.25) is 0 Å². The van der Waals surface area contributed by atoms with Crippen molar-refractivity contribution in [2.45, 2.75) is 38.0 Å². The number of hydrogen-bond donors (Lipinski definition) is 1. The molecule has 2 aromatic heterocycles. The number of aromatic nitrogens is 1. The Balaban J connectivity index is 1.47. The molecule has 1 N–H and O–H groups in total. The predicted octanol–water partition coefficient (Wildman–Crippen LogP) is 3.23. The monoisotopic (exact) mass is 427 g/mol. The maximum absolute atomic E-state index is 12.7. The lowest BCUT2D eigenvalue weighted by Gasteiger charge is -2.49. The first kappa shape index (κ1) is 20.1. The summed E-state index contributed by atoms with van der Waals surface area (Å²) in [5, 5.41) is 3.66. The number of pyridine rings is 1. The van der Waals surface area contributed by atoms with Gasteiger partial charge < -0.3 is 10.1 Å². The first-order chi connectivity index (χ1) is 13.7. The van der Waals surface area contributed by atoms with Crippen molar-refractivity contribution in [1.29, 1.82) is 0 Å². The number of nitrogens with one attached hydrogen (secondary N) is 1. The van der Waals surface area contributed by atoms with Crippen molar-refractivity contribution in [3.63, 3.8) is 0 Å². The molecule has 3 aliphatic heterocycles. The van der Waals surface area contributed by atoms with Crippen LogP contribution in [0.1, 0.15) is 39.9 Å². The number of fused-ring (bicyclic) bond motifs is 4. The molecule has 3 aliphatic rings. The zero-order valence-electron chi connectivity index (χ0n) is 15.7. The Bertz CT molecular complexity index is 936. The molecule has 1 amide bonds. The second-order valence-corrected chi connectivity index (χ2v) is 8.61. The fourth-order valence-corrected chi connectivity index (χ4v) is 5.11. The molecule has 29 heavy (non-hydrogen) atoms. The molecule has 10 heteroatoms. The lowest BCUT2D eigenvalue weighted by molar-refractivity contribution is -0.161. The van der Waals surface area contributed by atoms with E-state index < -0.39 is 18.8 Å². The Morgan fingerprint density at radius 1 is 1.31 bits per heavy atom. The minimum absolute atomic E-state index is 0.0367. The largest absolute Gasteiger partial charge is 0.452 e. The lowest BCUT2D eigenvalue weighted by Crippen LogP contribution is -2.62. The third-order valence-corrected chi connectivity index (χ3v) is 6.76. The zero-order chi connectivity index (χ0) is 20.8. The van der Waals surface area contributed by atoms with Crippen LogP contribution in [0, 0.1) is 5.92 Å². The number of amides is 1. The van der Waals surface area contributed by atoms with Gasteiger partial charge in [-0.1, -0.05) is 0 Å². The molecule has 0 saturated carbocycles. The lowest BCUT2D eigenvalue weighted by atomic mass is 9.79. The van der Waals surface area contributed by atoms with Gasteiger partial charge in [0, 0.05) is 28.4 Å². The van der Waals surface area contributed by atoms with E-state index in [1.54, 1.807) is 6.07 Å². The molecule has 3 saturated heterocycles. The number of nitrogens with zero attached hydrogens (tertiary/aromatic N) is 2. The fourth-order valence-electron chi connectivity index (χ4n) is 4.15. The van der Waals surface area contributed by atoms with Crippen molar-refractivity contribution in [2.75, 3.05) is 19.7 Å². The van der Waals surface area contributed by atoms with Crippen molar-refractivity contribution < 1.29 is 27.5 Å². The highest BCUT2D eigenvalue weighted by atomic mass is 32.1. The topological polar surface area (TPSA) is 71.5 Å². The van der Waals surface area contributed by atoms with Crippen LogP contribution in [-0.2, 0) is 4.74 Å². The van der Waals surface area contributed by atoms with Gasteiger partial charge in [0.05, 0.1) is 0 Å². The highest BCUT2D eigenvalue weighted by molar-refractivity contribution is 7.20. The standard InChI is InChI=1S/C19H20F3N3O3S/c1-10-16(11-2-4-25(10)5-3-11)24-17(26)13-7-14-12(8-23-13)6-15(29-14)18(27)28-9-19(20,21)22/h6-8,10-11,16H,2-5,9H2,1H3,(H,24,26)/t10-,16-/m0/s1.